The lowest BCUT2D eigenvalue weighted by Crippen LogP contribution is -2.24. The first-order valence-electron chi connectivity index (χ1n) is 7.95. The molecular formula is C16H18F2N6O2. The van der Waals surface area contributed by atoms with Crippen molar-refractivity contribution in [1.82, 2.24) is 30.5 Å². The molecule has 0 saturated carbocycles. The molecule has 8 nitrogen and oxygen atoms in total. The lowest BCUT2D eigenvalue weighted by atomic mass is 10.2. The van der Waals surface area contributed by atoms with E-state index in [2.05, 4.69) is 30.5 Å². The molecule has 0 saturated heterocycles. The van der Waals surface area contributed by atoms with Crippen molar-refractivity contribution in [3.8, 4) is 23.0 Å². The van der Waals surface area contributed by atoms with E-state index in [1.807, 2.05) is 14.0 Å². The Bertz CT molecular complexity index is 862. The summed E-state index contributed by atoms with van der Waals surface area (Å²) >= 11 is 0. The van der Waals surface area contributed by atoms with Crippen molar-refractivity contribution in [3.63, 3.8) is 0 Å². The van der Waals surface area contributed by atoms with E-state index in [9.17, 15) is 8.78 Å². The number of nitrogens with zero attached hydrogens (tertiary/aromatic N) is 5. The van der Waals surface area contributed by atoms with Gasteiger partial charge in [0.05, 0.1) is 11.4 Å². The van der Waals surface area contributed by atoms with Gasteiger partial charge in [0.2, 0.25) is 0 Å². The molecule has 3 aromatic rings. The molecular weight excluding hydrogens is 346 g/mol. The van der Waals surface area contributed by atoms with Crippen LogP contribution in [-0.2, 0) is 6.42 Å². The van der Waals surface area contributed by atoms with E-state index in [1.165, 1.54) is 12.1 Å². The van der Waals surface area contributed by atoms with Gasteiger partial charge in [-0.1, -0.05) is 10.4 Å². The molecule has 0 radical (unpaired) electrons. The van der Waals surface area contributed by atoms with Crippen LogP contribution in [-0.4, -0.2) is 44.8 Å². The summed E-state index contributed by atoms with van der Waals surface area (Å²) in [5.41, 5.74) is 1.80. The summed E-state index contributed by atoms with van der Waals surface area (Å²) in [6.07, 6.45) is 0.624. The zero-order valence-corrected chi connectivity index (χ0v) is 14.5. The van der Waals surface area contributed by atoms with Crippen molar-refractivity contribution < 1.29 is 18.0 Å². The van der Waals surface area contributed by atoms with Gasteiger partial charge in [-0.05, 0) is 45.2 Å². The molecule has 2 aromatic heterocycles. The number of ether oxygens (including phenoxy) is 1. The number of nitrogens with one attached hydrogen (secondary N) is 1. The van der Waals surface area contributed by atoms with Crippen molar-refractivity contribution in [3.05, 3.63) is 35.8 Å². The van der Waals surface area contributed by atoms with Crippen LogP contribution in [0.4, 0.5) is 8.78 Å². The smallest absolute Gasteiger partial charge is 0.387 e. The van der Waals surface area contributed by atoms with Crippen LogP contribution in [0, 0.1) is 6.92 Å². The maximum absolute atomic E-state index is 12.2. The third-order valence-electron chi connectivity index (χ3n) is 3.85. The first-order valence-corrected chi connectivity index (χ1v) is 7.95. The maximum atomic E-state index is 12.2. The van der Waals surface area contributed by atoms with E-state index < -0.39 is 6.61 Å². The molecule has 26 heavy (non-hydrogen) atoms. The summed E-state index contributed by atoms with van der Waals surface area (Å²) in [5, 5.41) is 15.2. The number of hydrogen-bond donors (Lipinski definition) is 1. The Morgan fingerprint density at radius 2 is 2.00 bits per heavy atom. The van der Waals surface area contributed by atoms with Crippen LogP contribution in [0.3, 0.4) is 0 Å². The molecule has 0 bridgehead atoms. The Morgan fingerprint density at radius 1 is 1.27 bits per heavy atom. The van der Waals surface area contributed by atoms with Gasteiger partial charge in [-0.3, -0.25) is 0 Å². The van der Waals surface area contributed by atoms with Gasteiger partial charge in [0.1, 0.15) is 5.75 Å². The van der Waals surface area contributed by atoms with E-state index in [4.69, 9.17) is 4.52 Å². The topological polar surface area (TPSA) is 90.9 Å². The lowest BCUT2D eigenvalue weighted by molar-refractivity contribution is -0.0498. The molecule has 1 N–H and O–H groups in total. The Kier molecular flexibility index (Phi) is 5.21. The van der Waals surface area contributed by atoms with Crippen LogP contribution in [0.25, 0.3) is 17.3 Å². The number of hydrogen-bond acceptors (Lipinski definition) is 7. The summed E-state index contributed by atoms with van der Waals surface area (Å²) in [5.74, 6) is 0.927. The first-order chi connectivity index (χ1) is 12.5. The van der Waals surface area contributed by atoms with Crippen LogP contribution in [0.15, 0.2) is 28.8 Å². The highest BCUT2D eigenvalue weighted by Crippen LogP contribution is 2.23. The summed E-state index contributed by atoms with van der Waals surface area (Å²) in [4.78, 5) is 4.35. The molecule has 10 heteroatoms. The molecule has 2 heterocycles. The molecule has 1 unspecified atom stereocenters. The maximum Gasteiger partial charge on any atom is 0.387 e. The Morgan fingerprint density at radius 3 is 2.65 bits per heavy atom. The quantitative estimate of drug-likeness (QED) is 0.688. The van der Waals surface area contributed by atoms with Crippen molar-refractivity contribution in [2.24, 2.45) is 0 Å². The van der Waals surface area contributed by atoms with Crippen LogP contribution in [0.2, 0.25) is 0 Å². The normalized spacial score (nSPS) is 12.5. The van der Waals surface area contributed by atoms with Gasteiger partial charge >= 0.3 is 6.61 Å². The van der Waals surface area contributed by atoms with E-state index >= 15 is 0 Å². The predicted molar refractivity (Wildman–Crippen MR) is 88.2 cm³/mol. The number of benzene rings is 1. The standard InChI is InChI=1S/C16H18F2N6O2/c1-9(19-3)8-13-20-15(26-22-13)14-10(2)24(23-21-14)11-4-6-12(7-5-11)25-16(17)18/h4-7,9,16,19H,8H2,1-3H3. The minimum absolute atomic E-state index is 0.0712. The fourth-order valence-corrected chi connectivity index (χ4v) is 2.35. The third kappa shape index (κ3) is 3.85. The largest absolute Gasteiger partial charge is 0.435 e. The Labute approximate surface area is 148 Å². The van der Waals surface area contributed by atoms with Gasteiger partial charge < -0.3 is 14.6 Å². The third-order valence-corrected chi connectivity index (χ3v) is 3.85. The van der Waals surface area contributed by atoms with Crippen molar-refractivity contribution in [2.75, 3.05) is 7.05 Å². The second-order valence-corrected chi connectivity index (χ2v) is 5.72. The van der Waals surface area contributed by atoms with E-state index in [1.54, 1.807) is 23.7 Å². The minimum atomic E-state index is -2.86. The number of aromatic nitrogens is 5. The number of halogens is 2. The first kappa shape index (κ1) is 17.9. The predicted octanol–water partition coefficient (Wildman–Crippen LogP) is 2.38. The van der Waals surface area contributed by atoms with E-state index in [0.717, 1.165) is 0 Å². The number of likely N-dealkylation sites (N-methyl/N-ethyl adjacent to an activating group) is 1. The molecule has 0 aliphatic rings. The molecule has 1 aromatic carbocycles. The highest BCUT2D eigenvalue weighted by molar-refractivity contribution is 5.51. The second-order valence-electron chi connectivity index (χ2n) is 5.72. The number of rotatable bonds is 7. The van der Waals surface area contributed by atoms with Crippen molar-refractivity contribution in [1.29, 1.82) is 0 Å². The summed E-state index contributed by atoms with van der Waals surface area (Å²) < 4.78 is 35.6. The van der Waals surface area contributed by atoms with Gasteiger partial charge in [0.25, 0.3) is 5.89 Å². The van der Waals surface area contributed by atoms with Crippen LogP contribution in [0.1, 0.15) is 18.4 Å². The second kappa shape index (κ2) is 7.56. The Hall–Kier alpha value is -2.88. The molecule has 138 valence electrons. The minimum Gasteiger partial charge on any atom is -0.435 e. The number of alkyl halides is 2. The van der Waals surface area contributed by atoms with E-state index in [0.29, 0.717) is 29.3 Å². The average Bonchev–Trinajstić information content (AvgIpc) is 3.21. The van der Waals surface area contributed by atoms with E-state index in [-0.39, 0.29) is 17.7 Å². The molecule has 3 rings (SSSR count). The fraction of sp³-hybridized carbons (Fsp3) is 0.375. The zero-order valence-electron chi connectivity index (χ0n) is 14.5. The highest BCUT2D eigenvalue weighted by Gasteiger charge is 2.19. The zero-order chi connectivity index (χ0) is 18.7. The summed E-state index contributed by atoms with van der Waals surface area (Å²) in [7, 11) is 1.86. The fourth-order valence-electron chi connectivity index (χ4n) is 2.35. The molecule has 0 aliphatic carbocycles. The molecule has 1 atom stereocenters. The summed E-state index contributed by atoms with van der Waals surface area (Å²) in [6, 6.07) is 6.30. The SMILES string of the molecule is CNC(C)Cc1noc(-c2nnn(-c3ccc(OC(F)F)cc3)c2C)n1. The van der Waals surface area contributed by atoms with Crippen LogP contribution < -0.4 is 10.1 Å². The van der Waals surface area contributed by atoms with Gasteiger partial charge in [-0.2, -0.15) is 13.8 Å². The van der Waals surface area contributed by atoms with Crippen LogP contribution >= 0.6 is 0 Å². The van der Waals surface area contributed by atoms with Crippen molar-refractivity contribution in [2.45, 2.75) is 32.9 Å². The van der Waals surface area contributed by atoms with Gasteiger partial charge in [0.15, 0.2) is 11.5 Å². The molecule has 0 spiro atoms. The monoisotopic (exact) mass is 364 g/mol. The summed E-state index contributed by atoms with van der Waals surface area (Å²) in [6.45, 7) is 0.954. The van der Waals surface area contributed by atoms with Crippen molar-refractivity contribution >= 4 is 0 Å². The molecule has 0 aliphatic heterocycles. The van der Waals surface area contributed by atoms with Gasteiger partial charge in [0, 0.05) is 12.5 Å². The van der Waals surface area contributed by atoms with Crippen LogP contribution in [0.5, 0.6) is 5.75 Å². The molecule has 0 amide bonds. The van der Waals surface area contributed by atoms with Gasteiger partial charge in [-0.25, -0.2) is 4.68 Å². The van der Waals surface area contributed by atoms with Gasteiger partial charge in [-0.15, -0.1) is 5.10 Å². The Balaban J connectivity index is 1.82. The molecule has 0 fully saturated rings. The lowest BCUT2D eigenvalue weighted by Gasteiger charge is -2.06. The highest BCUT2D eigenvalue weighted by atomic mass is 19.3. The average molecular weight is 364 g/mol.